The van der Waals surface area contributed by atoms with E-state index in [4.69, 9.17) is 10.7 Å². The van der Waals surface area contributed by atoms with Crippen molar-refractivity contribution in [2.24, 2.45) is 11.5 Å². The fourth-order valence-electron chi connectivity index (χ4n) is 3.43. The van der Waals surface area contributed by atoms with Crippen molar-refractivity contribution in [1.29, 1.82) is 5.26 Å². The maximum atomic E-state index is 13.3. The second-order valence-corrected chi connectivity index (χ2v) is 8.11. The zero-order valence-electron chi connectivity index (χ0n) is 21.2. The van der Waals surface area contributed by atoms with Gasteiger partial charge in [-0.3, -0.25) is 4.98 Å². The minimum Gasteiger partial charge on any atom is -0.333 e. The standard InChI is InChI=1S/C24H21FN2.C5H11N.CH5N/c1-17(2)21-13-14-24(22-11-4-3-9-19(22)16-26)27-23(21)12-6-8-18-7-5-10-20(25)15-18;1-5(2)3-4-6;1-2/h3-5,7,9-11,13-15H,1,6,8,12H2,2H3;1,3-4,6H2,2H3;2H2,1H3. The average Bonchev–Trinajstić information content (AvgIpc) is 2.85. The van der Waals surface area contributed by atoms with E-state index < -0.39 is 0 Å². The number of allylic oxidation sites excluding steroid dienone is 1. The molecule has 5 heteroatoms. The summed E-state index contributed by atoms with van der Waals surface area (Å²) in [7, 11) is 1.50. The summed E-state index contributed by atoms with van der Waals surface area (Å²) in [5.74, 6) is -0.205. The minimum absolute atomic E-state index is 0.205. The number of nitrogens with two attached hydrogens (primary N) is 2. The van der Waals surface area contributed by atoms with E-state index in [0.29, 0.717) is 5.56 Å². The molecule has 1 heterocycles. The Bertz CT molecular complexity index is 1150. The number of aromatic nitrogens is 1. The molecule has 3 aromatic rings. The van der Waals surface area contributed by atoms with Crippen molar-refractivity contribution in [2.45, 2.75) is 39.5 Å². The summed E-state index contributed by atoms with van der Waals surface area (Å²) in [5.41, 5.74) is 17.0. The van der Waals surface area contributed by atoms with E-state index in [-0.39, 0.29) is 5.82 Å². The van der Waals surface area contributed by atoms with Crippen molar-refractivity contribution in [3.63, 3.8) is 0 Å². The van der Waals surface area contributed by atoms with E-state index >= 15 is 0 Å². The topological polar surface area (TPSA) is 88.7 Å². The predicted molar refractivity (Wildman–Crippen MR) is 146 cm³/mol. The van der Waals surface area contributed by atoms with Crippen LogP contribution in [0.3, 0.4) is 0 Å². The van der Waals surface area contributed by atoms with Crippen LogP contribution in [0.25, 0.3) is 16.8 Å². The molecule has 0 radical (unpaired) electrons. The Kier molecular flexibility index (Phi) is 13.5. The van der Waals surface area contributed by atoms with Gasteiger partial charge in [-0.15, -0.1) is 6.58 Å². The number of hydrogen-bond donors (Lipinski definition) is 2. The first kappa shape index (κ1) is 29.4. The minimum atomic E-state index is -0.205. The van der Waals surface area contributed by atoms with Gasteiger partial charge in [-0.05, 0) is 94.1 Å². The Hall–Kier alpha value is -3.59. The lowest BCUT2D eigenvalue weighted by molar-refractivity contribution is 0.624. The monoisotopic (exact) mass is 472 g/mol. The second-order valence-electron chi connectivity index (χ2n) is 8.11. The van der Waals surface area contributed by atoms with Crippen molar-refractivity contribution in [3.8, 4) is 17.3 Å². The van der Waals surface area contributed by atoms with Crippen LogP contribution in [0.15, 0.2) is 79.4 Å². The third-order valence-corrected chi connectivity index (χ3v) is 5.10. The Morgan fingerprint density at radius 3 is 2.29 bits per heavy atom. The lowest BCUT2D eigenvalue weighted by atomic mass is 9.98. The zero-order chi connectivity index (χ0) is 26.2. The lowest BCUT2D eigenvalue weighted by Gasteiger charge is -2.12. The fraction of sp³-hybridized carbons (Fsp3) is 0.267. The van der Waals surface area contributed by atoms with Crippen molar-refractivity contribution in [3.05, 3.63) is 108 Å². The van der Waals surface area contributed by atoms with Crippen LogP contribution in [0.4, 0.5) is 4.39 Å². The molecule has 0 bridgehead atoms. The Morgan fingerprint density at radius 2 is 1.71 bits per heavy atom. The first-order valence-electron chi connectivity index (χ1n) is 11.7. The summed E-state index contributed by atoms with van der Waals surface area (Å²) in [5, 5.41) is 9.36. The van der Waals surface area contributed by atoms with E-state index in [1.54, 1.807) is 18.2 Å². The molecule has 184 valence electrons. The third-order valence-electron chi connectivity index (χ3n) is 5.10. The molecule has 0 atom stereocenters. The number of nitriles is 1. The molecule has 4 nitrogen and oxygen atoms in total. The molecular formula is C30H37FN4. The van der Waals surface area contributed by atoms with Gasteiger partial charge in [0.25, 0.3) is 0 Å². The molecular weight excluding hydrogens is 435 g/mol. The summed E-state index contributed by atoms with van der Waals surface area (Å²) in [6, 6.07) is 20.4. The maximum absolute atomic E-state index is 13.3. The van der Waals surface area contributed by atoms with Gasteiger partial charge >= 0.3 is 0 Å². The van der Waals surface area contributed by atoms with Crippen LogP contribution in [0.5, 0.6) is 0 Å². The molecule has 2 aromatic carbocycles. The molecule has 0 unspecified atom stereocenters. The van der Waals surface area contributed by atoms with Crippen LogP contribution < -0.4 is 11.5 Å². The van der Waals surface area contributed by atoms with Crippen LogP contribution in [0, 0.1) is 17.1 Å². The zero-order valence-corrected chi connectivity index (χ0v) is 21.2. The first-order valence-corrected chi connectivity index (χ1v) is 11.7. The molecule has 4 N–H and O–H groups in total. The quantitative estimate of drug-likeness (QED) is 0.369. The van der Waals surface area contributed by atoms with Crippen molar-refractivity contribution in [1.82, 2.24) is 4.98 Å². The van der Waals surface area contributed by atoms with Gasteiger partial charge in [0.1, 0.15) is 5.82 Å². The van der Waals surface area contributed by atoms with Gasteiger partial charge in [0.05, 0.1) is 17.3 Å². The van der Waals surface area contributed by atoms with Gasteiger partial charge in [0.2, 0.25) is 0 Å². The van der Waals surface area contributed by atoms with Crippen LogP contribution in [-0.4, -0.2) is 18.6 Å². The highest BCUT2D eigenvalue weighted by atomic mass is 19.1. The van der Waals surface area contributed by atoms with E-state index in [0.717, 1.165) is 71.5 Å². The highest BCUT2D eigenvalue weighted by Crippen LogP contribution is 2.26. The molecule has 0 saturated heterocycles. The number of aryl methyl sites for hydroxylation is 2. The lowest BCUT2D eigenvalue weighted by Crippen LogP contribution is -2.00. The molecule has 0 aliphatic rings. The van der Waals surface area contributed by atoms with Gasteiger partial charge in [0.15, 0.2) is 0 Å². The summed E-state index contributed by atoms with van der Waals surface area (Å²) in [6.07, 6.45) is 3.37. The summed E-state index contributed by atoms with van der Waals surface area (Å²) in [6.45, 7) is 12.4. The van der Waals surface area contributed by atoms with Gasteiger partial charge in [0, 0.05) is 11.3 Å². The normalized spacial score (nSPS) is 9.63. The number of hydrogen-bond acceptors (Lipinski definition) is 4. The largest absolute Gasteiger partial charge is 0.333 e. The Balaban J connectivity index is 0.000000670. The molecule has 0 aliphatic carbocycles. The predicted octanol–water partition coefficient (Wildman–Crippen LogP) is 6.45. The smallest absolute Gasteiger partial charge is 0.123 e. The number of pyridine rings is 1. The number of nitrogens with zero attached hydrogens (tertiary/aromatic N) is 2. The number of rotatable bonds is 8. The maximum Gasteiger partial charge on any atom is 0.123 e. The van der Waals surface area contributed by atoms with Crippen molar-refractivity contribution < 1.29 is 4.39 Å². The molecule has 0 amide bonds. The van der Waals surface area contributed by atoms with Gasteiger partial charge in [-0.25, -0.2) is 4.39 Å². The van der Waals surface area contributed by atoms with E-state index in [1.807, 2.05) is 50.2 Å². The highest BCUT2D eigenvalue weighted by Gasteiger charge is 2.11. The van der Waals surface area contributed by atoms with E-state index in [9.17, 15) is 9.65 Å². The highest BCUT2D eigenvalue weighted by molar-refractivity contribution is 5.70. The van der Waals surface area contributed by atoms with Crippen molar-refractivity contribution in [2.75, 3.05) is 13.6 Å². The average molecular weight is 473 g/mol. The fourth-order valence-corrected chi connectivity index (χ4v) is 3.43. The van der Waals surface area contributed by atoms with Gasteiger partial charge in [-0.2, -0.15) is 5.26 Å². The molecule has 1 aromatic heterocycles. The van der Waals surface area contributed by atoms with Gasteiger partial charge < -0.3 is 11.5 Å². The van der Waals surface area contributed by atoms with Crippen LogP contribution >= 0.6 is 0 Å². The first-order chi connectivity index (χ1) is 16.8. The summed E-state index contributed by atoms with van der Waals surface area (Å²) < 4.78 is 13.3. The van der Waals surface area contributed by atoms with E-state index in [1.165, 1.54) is 13.1 Å². The van der Waals surface area contributed by atoms with Crippen molar-refractivity contribution >= 4 is 5.57 Å². The molecule has 0 saturated carbocycles. The molecule has 0 aliphatic heterocycles. The van der Waals surface area contributed by atoms with Gasteiger partial charge in [-0.1, -0.05) is 48.6 Å². The summed E-state index contributed by atoms with van der Waals surface area (Å²) >= 11 is 0. The Labute approximate surface area is 209 Å². The molecule has 35 heavy (non-hydrogen) atoms. The van der Waals surface area contributed by atoms with Crippen LogP contribution in [-0.2, 0) is 12.8 Å². The molecule has 0 fully saturated rings. The molecule has 0 spiro atoms. The SMILES string of the molecule is C=C(C)CCN.C=C(C)c1ccc(-c2ccccc2C#N)nc1CCCc1cccc(F)c1.CN. The number of halogens is 1. The number of benzene rings is 2. The van der Waals surface area contributed by atoms with Crippen LogP contribution in [0.1, 0.15) is 49.1 Å². The molecule has 3 rings (SSSR count). The second kappa shape index (κ2) is 16.1. The Morgan fingerprint density at radius 1 is 1.00 bits per heavy atom. The van der Waals surface area contributed by atoms with Crippen LogP contribution in [0.2, 0.25) is 0 Å². The summed E-state index contributed by atoms with van der Waals surface area (Å²) in [4.78, 5) is 4.84. The third kappa shape index (κ3) is 10.1. The van der Waals surface area contributed by atoms with E-state index in [2.05, 4.69) is 25.0 Å².